The van der Waals surface area contributed by atoms with Gasteiger partial charge in [-0.05, 0) is 105 Å². The van der Waals surface area contributed by atoms with Crippen LogP contribution in [0.5, 0.6) is 0 Å². The van der Waals surface area contributed by atoms with Crippen molar-refractivity contribution in [1.29, 1.82) is 5.26 Å². The molecule has 4 heteroatoms. The first-order valence-corrected chi connectivity index (χ1v) is 10.8. The lowest BCUT2D eigenvalue weighted by atomic mass is 9.76. The van der Waals surface area contributed by atoms with Crippen LogP contribution in [-0.4, -0.2) is 0 Å². The van der Waals surface area contributed by atoms with Crippen LogP contribution in [-0.2, 0) is 12.8 Å². The summed E-state index contributed by atoms with van der Waals surface area (Å²) in [5.41, 5.74) is 1.92. The molecule has 0 aliphatic heterocycles. The van der Waals surface area contributed by atoms with E-state index in [9.17, 15) is 13.2 Å². The maximum absolute atomic E-state index is 14.4. The van der Waals surface area contributed by atoms with Crippen LogP contribution in [0.25, 0.3) is 0 Å². The number of halogens is 3. The fourth-order valence-electron chi connectivity index (χ4n) is 4.45. The van der Waals surface area contributed by atoms with Gasteiger partial charge in [-0.1, -0.05) is 24.3 Å². The molecular weight excluding hydrogens is 383 g/mol. The van der Waals surface area contributed by atoms with Gasteiger partial charge in [0.1, 0.15) is 29.1 Å². The molecule has 2 aromatic carbocycles. The summed E-state index contributed by atoms with van der Waals surface area (Å²) in [6.07, 6.45) is 11.2. The van der Waals surface area contributed by atoms with Gasteiger partial charge in [0.2, 0.25) is 0 Å². The van der Waals surface area contributed by atoms with E-state index in [1.54, 1.807) is 12.1 Å². The van der Waals surface area contributed by atoms with E-state index in [0.717, 1.165) is 62.5 Å². The second-order valence-corrected chi connectivity index (χ2v) is 8.26. The Kier molecular flexibility index (Phi) is 7.74. The Hall–Kier alpha value is -2.54. The topological polar surface area (TPSA) is 23.8 Å². The van der Waals surface area contributed by atoms with Crippen LogP contribution < -0.4 is 0 Å². The summed E-state index contributed by atoms with van der Waals surface area (Å²) in [5.74, 6) is -1.06. The second kappa shape index (κ2) is 10.5. The van der Waals surface area contributed by atoms with Gasteiger partial charge >= 0.3 is 0 Å². The number of allylic oxidation sites excluding steroid dienone is 2. The highest BCUT2D eigenvalue weighted by Crippen LogP contribution is 2.38. The lowest BCUT2D eigenvalue weighted by Crippen LogP contribution is -2.15. The summed E-state index contributed by atoms with van der Waals surface area (Å²) in [5, 5.41) is 8.81. The third kappa shape index (κ3) is 5.53. The van der Waals surface area contributed by atoms with Crippen molar-refractivity contribution < 1.29 is 13.2 Å². The van der Waals surface area contributed by atoms with Crippen molar-refractivity contribution in [3.63, 3.8) is 0 Å². The molecule has 0 saturated heterocycles. The molecule has 0 spiro atoms. The van der Waals surface area contributed by atoms with Gasteiger partial charge in [-0.2, -0.15) is 5.26 Å². The van der Waals surface area contributed by atoms with E-state index in [2.05, 4.69) is 6.08 Å². The Morgan fingerprint density at radius 3 is 2.27 bits per heavy atom. The van der Waals surface area contributed by atoms with Crippen LogP contribution in [0.15, 0.2) is 42.5 Å². The van der Waals surface area contributed by atoms with Gasteiger partial charge in [0, 0.05) is 0 Å². The summed E-state index contributed by atoms with van der Waals surface area (Å²) < 4.78 is 42.2. The summed E-state index contributed by atoms with van der Waals surface area (Å²) in [4.78, 5) is 0. The largest absolute Gasteiger partial charge is 0.207 e. The van der Waals surface area contributed by atoms with Crippen LogP contribution in [0.1, 0.15) is 73.6 Å². The molecule has 3 rings (SSSR count). The lowest BCUT2D eigenvalue weighted by Gasteiger charge is -2.29. The Morgan fingerprint density at radius 2 is 1.67 bits per heavy atom. The molecule has 158 valence electrons. The van der Waals surface area contributed by atoms with Crippen molar-refractivity contribution in [1.82, 2.24) is 0 Å². The van der Waals surface area contributed by atoms with E-state index >= 15 is 0 Å². The molecule has 1 saturated carbocycles. The minimum atomic E-state index is -0.778. The molecule has 0 radical (unpaired) electrons. The Bertz CT molecular complexity index is 911. The summed E-state index contributed by atoms with van der Waals surface area (Å²) >= 11 is 0. The molecule has 0 amide bonds. The molecule has 0 aromatic heterocycles. The predicted octanol–water partition coefficient (Wildman–Crippen LogP) is 7.39. The van der Waals surface area contributed by atoms with Gasteiger partial charge in [0.25, 0.3) is 0 Å². The molecule has 1 aliphatic rings. The van der Waals surface area contributed by atoms with Gasteiger partial charge in [0.05, 0.1) is 0 Å². The third-order valence-corrected chi connectivity index (χ3v) is 6.27. The second-order valence-electron chi connectivity index (χ2n) is 8.26. The van der Waals surface area contributed by atoms with Gasteiger partial charge in [-0.25, -0.2) is 13.2 Å². The highest BCUT2D eigenvalue weighted by molar-refractivity contribution is 5.36. The fraction of sp³-hybridized carbons (Fsp3) is 0.423. The number of rotatable bonds is 7. The summed E-state index contributed by atoms with van der Waals surface area (Å²) in [6.45, 7) is 1.98. The van der Waals surface area contributed by atoms with E-state index in [1.807, 2.05) is 25.1 Å². The standard InChI is InChI=1S/C26H28F3N/c1-2-3-4-5-19-9-13-21(24(27)14-19)12-8-18-6-10-20(11-7-18)22-15-25(28)23(17-30)26(29)16-22/h2-3,9,13-16,18,20H,4-8,10-12H2,1H3/b3-2+. The van der Waals surface area contributed by atoms with Crippen molar-refractivity contribution in [2.45, 2.75) is 64.2 Å². The molecule has 0 N–H and O–H groups in total. The first-order chi connectivity index (χ1) is 14.5. The van der Waals surface area contributed by atoms with Crippen molar-refractivity contribution in [2.24, 2.45) is 5.92 Å². The first kappa shape index (κ1) is 22.2. The average molecular weight is 412 g/mol. The molecule has 0 unspecified atom stereocenters. The molecule has 1 nitrogen and oxygen atoms in total. The normalized spacial score (nSPS) is 19.2. The van der Waals surface area contributed by atoms with Crippen LogP contribution in [0.2, 0.25) is 0 Å². The quantitative estimate of drug-likeness (QED) is 0.436. The highest BCUT2D eigenvalue weighted by atomic mass is 19.1. The van der Waals surface area contributed by atoms with Crippen molar-refractivity contribution in [3.05, 3.63) is 82.2 Å². The van der Waals surface area contributed by atoms with Crippen molar-refractivity contribution >= 4 is 0 Å². The van der Waals surface area contributed by atoms with Crippen LogP contribution in [0.3, 0.4) is 0 Å². The van der Waals surface area contributed by atoms with Gasteiger partial charge in [-0.15, -0.1) is 0 Å². The number of hydrogen-bond acceptors (Lipinski definition) is 1. The molecule has 0 atom stereocenters. The fourth-order valence-corrected chi connectivity index (χ4v) is 4.45. The molecule has 0 heterocycles. The number of hydrogen-bond donors (Lipinski definition) is 0. The van der Waals surface area contributed by atoms with E-state index in [0.29, 0.717) is 11.5 Å². The SMILES string of the molecule is C/C=C/CCc1ccc(CCC2CCC(c3cc(F)c(C#N)c(F)c3)CC2)c(F)c1. The Balaban J connectivity index is 1.51. The van der Waals surface area contributed by atoms with Crippen molar-refractivity contribution in [2.75, 3.05) is 0 Å². The van der Waals surface area contributed by atoms with E-state index in [4.69, 9.17) is 5.26 Å². The monoisotopic (exact) mass is 411 g/mol. The zero-order valence-electron chi connectivity index (χ0n) is 17.4. The molecule has 30 heavy (non-hydrogen) atoms. The minimum absolute atomic E-state index is 0.117. The highest BCUT2D eigenvalue weighted by Gasteiger charge is 2.24. The molecular formula is C26H28F3N. The van der Waals surface area contributed by atoms with Gasteiger partial charge < -0.3 is 0 Å². The molecule has 1 fully saturated rings. The van der Waals surface area contributed by atoms with E-state index in [-0.39, 0.29) is 11.7 Å². The Labute approximate surface area is 177 Å². The number of nitriles is 1. The van der Waals surface area contributed by atoms with E-state index < -0.39 is 17.2 Å². The third-order valence-electron chi connectivity index (χ3n) is 6.27. The molecule has 1 aliphatic carbocycles. The number of nitrogens with zero attached hydrogens (tertiary/aromatic N) is 1. The van der Waals surface area contributed by atoms with Gasteiger partial charge in [-0.3, -0.25) is 0 Å². The molecule has 2 aromatic rings. The van der Waals surface area contributed by atoms with E-state index in [1.165, 1.54) is 12.1 Å². The van der Waals surface area contributed by atoms with Crippen LogP contribution >= 0.6 is 0 Å². The zero-order chi connectivity index (χ0) is 21.5. The Morgan fingerprint density at radius 1 is 0.967 bits per heavy atom. The summed E-state index contributed by atoms with van der Waals surface area (Å²) in [6, 6.07) is 9.77. The van der Waals surface area contributed by atoms with Crippen LogP contribution in [0, 0.1) is 34.7 Å². The molecule has 0 bridgehead atoms. The maximum atomic E-state index is 14.4. The minimum Gasteiger partial charge on any atom is -0.207 e. The maximum Gasteiger partial charge on any atom is 0.144 e. The zero-order valence-corrected chi connectivity index (χ0v) is 17.4. The summed E-state index contributed by atoms with van der Waals surface area (Å²) in [7, 11) is 0. The van der Waals surface area contributed by atoms with Gasteiger partial charge in [0.15, 0.2) is 0 Å². The smallest absolute Gasteiger partial charge is 0.144 e. The predicted molar refractivity (Wildman–Crippen MR) is 114 cm³/mol. The van der Waals surface area contributed by atoms with Crippen molar-refractivity contribution in [3.8, 4) is 6.07 Å². The lowest BCUT2D eigenvalue weighted by molar-refractivity contribution is 0.308. The average Bonchev–Trinajstić information content (AvgIpc) is 2.73. The number of aryl methyl sites for hydroxylation is 2. The van der Waals surface area contributed by atoms with Crippen LogP contribution in [0.4, 0.5) is 13.2 Å². The first-order valence-electron chi connectivity index (χ1n) is 10.8. The number of benzene rings is 2.